The van der Waals surface area contributed by atoms with Gasteiger partial charge in [0.05, 0.1) is 5.02 Å². The first-order valence-corrected chi connectivity index (χ1v) is 7.15. The summed E-state index contributed by atoms with van der Waals surface area (Å²) < 4.78 is 5.91. The lowest BCUT2D eigenvalue weighted by Gasteiger charge is -2.14. The molecule has 1 unspecified atom stereocenters. The summed E-state index contributed by atoms with van der Waals surface area (Å²) in [6, 6.07) is 14.2. The third kappa shape index (κ3) is 3.99. The third-order valence-corrected chi connectivity index (χ3v) is 3.39. The van der Waals surface area contributed by atoms with E-state index in [0.717, 1.165) is 23.3 Å². The number of halogens is 1. The van der Waals surface area contributed by atoms with Gasteiger partial charge in [0, 0.05) is 6.04 Å². The van der Waals surface area contributed by atoms with Crippen molar-refractivity contribution in [2.75, 3.05) is 0 Å². The Hall–Kier alpha value is -1.51. The zero-order chi connectivity index (χ0) is 14.5. The van der Waals surface area contributed by atoms with Crippen molar-refractivity contribution in [1.82, 2.24) is 0 Å². The minimum atomic E-state index is 0.0789. The fourth-order valence-electron chi connectivity index (χ4n) is 2.06. The molecule has 2 N–H and O–H groups in total. The van der Waals surface area contributed by atoms with Crippen LogP contribution in [0.1, 0.15) is 23.6 Å². The number of hydrogen-bond acceptors (Lipinski definition) is 2. The van der Waals surface area contributed by atoms with E-state index in [2.05, 4.69) is 31.2 Å². The number of benzene rings is 2. The summed E-state index contributed by atoms with van der Waals surface area (Å²) >= 11 is 6.24. The van der Waals surface area contributed by atoms with Gasteiger partial charge in [0.1, 0.15) is 12.4 Å². The second-order valence-corrected chi connectivity index (χ2v) is 5.59. The largest absolute Gasteiger partial charge is 0.487 e. The molecule has 0 bridgehead atoms. The molecule has 0 saturated carbocycles. The van der Waals surface area contributed by atoms with Crippen LogP contribution < -0.4 is 10.5 Å². The fourth-order valence-corrected chi connectivity index (χ4v) is 2.31. The zero-order valence-corrected chi connectivity index (χ0v) is 12.7. The van der Waals surface area contributed by atoms with E-state index in [0.29, 0.717) is 11.6 Å². The first-order chi connectivity index (χ1) is 9.56. The van der Waals surface area contributed by atoms with E-state index in [9.17, 15) is 0 Å². The van der Waals surface area contributed by atoms with Crippen molar-refractivity contribution >= 4 is 11.6 Å². The lowest BCUT2D eigenvalue weighted by molar-refractivity contribution is 0.302. The van der Waals surface area contributed by atoms with Gasteiger partial charge in [-0.3, -0.25) is 0 Å². The van der Waals surface area contributed by atoms with Crippen LogP contribution >= 0.6 is 11.6 Å². The molecule has 2 aromatic carbocycles. The molecule has 0 heterocycles. The normalized spacial score (nSPS) is 12.2. The highest BCUT2D eigenvalue weighted by Gasteiger charge is 2.10. The van der Waals surface area contributed by atoms with Gasteiger partial charge < -0.3 is 10.5 Å². The molecule has 0 radical (unpaired) electrons. The average Bonchev–Trinajstić information content (AvgIpc) is 2.39. The maximum absolute atomic E-state index is 6.24. The Morgan fingerprint density at radius 3 is 2.50 bits per heavy atom. The molecule has 3 heteroatoms. The van der Waals surface area contributed by atoms with Gasteiger partial charge in [0.2, 0.25) is 0 Å². The fraction of sp³-hybridized carbons (Fsp3) is 0.294. The molecule has 0 aliphatic carbocycles. The van der Waals surface area contributed by atoms with Crippen molar-refractivity contribution < 1.29 is 4.74 Å². The van der Waals surface area contributed by atoms with Gasteiger partial charge in [-0.15, -0.1) is 0 Å². The molecule has 1 atom stereocenters. The summed E-state index contributed by atoms with van der Waals surface area (Å²) in [4.78, 5) is 0. The van der Waals surface area contributed by atoms with Crippen molar-refractivity contribution in [3.8, 4) is 5.75 Å². The van der Waals surface area contributed by atoms with Crippen LogP contribution in [0.5, 0.6) is 5.75 Å². The highest BCUT2D eigenvalue weighted by Crippen LogP contribution is 2.30. The second kappa shape index (κ2) is 6.78. The number of rotatable bonds is 5. The van der Waals surface area contributed by atoms with E-state index in [-0.39, 0.29) is 6.04 Å². The Morgan fingerprint density at radius 2 is 1.85 bits per heavy atom. The lowest BCUT2D eigenvalue weighted by Crippen LogP contribution is -2.18. The molecule has 2 rings (SSSR count). The Balaban J connectivity index is 2.13. The van der Waals surface area contributed by atoms with Crippen LogP contribution in [0.4, 0.5) is 0 Å². The topological polar surface area (TPSA) is 35.2 Å². The maximum Gasteiger partial charge on any atom is 0.141 e. The van der Waals surface area contributed by atoms with Crippen LogP contribution in [0, 0.1) is 6.92 Å². The van der Waals surface area contributed by atoms with E-state index < -0.39 is 0 Å². The molecule has 0 spiro atoms. The van der Waals surface area contributed by atoms with Gasteiger partial charge in [0.15, 0.2) is 0 Å². The van der Waals surface area contributed by atoms with Crippen molar-refractivity contribution in [2.24, 2.45) is 5.73 Å². The standard InChI is InChI=1S/C17H20ClNO/c1-12-6-8-14(9-7-12)11-20-17-15(10-13(2)19)4-3-5-16(17)18/h3-9,13H,10-11,19H2,1-2H3. The van der Waals surface area contributed by atoms with E-state index in [1.54, 1.807) is 0 Å². The van der Waals surface area contributed by atoms with Gasteiger partial charge >= 0.3 is 0 Å². The summed E-state index contributed by atoms with van der Waals surface area (Å²) in [5.41, 5.74) is 9.29. The number of para-hydroxylation sites is 1. The van der Waals surface area contributed by atoms with E-state index in [1.807, 2.05) is 25.1 Å². The molecule has 0 aliphatic heterocycles. The van der Waals surface area contributed by atoms with Crippen LogP contribution in [-0.2, 0) is 13.0 Å². The first kappa shape index (κ1) is 14.9. The van der Waals surface area contributed by atoms with Crippen LogP contribution in [0.2, 0.25) is 5.02 Å². The van der Waals surface area contributed by atoms with Crippen LogP contribution in [0.3, 0.4) is 0 Å². The summed E-state index contributed by atoms with van der Waals surface area (Å²) in [6.45, 7) is 4.56. The SMILES string of the molecule is Cc1ccc(COc2c(Cl)cccc2CC(C)N)cc1. The molecule has 106 valence electrons. The molecule has 0 aliphatic rings. The Labute approximate surface area is 125 Å². The van der Waals surface area contributed by atoms with Gasteiger partial charge in [-0.25, -0.2) is 0 Å². The minimum Gasteiger partial charge on any atom is -0.487 e. The number of ether oxygens (including phenoxy) is 1. The minimum absolute atomic E-state index is 0.0789. The van der Waals surface area contributed by atoms with Crippen molar-refractivity contribution in [3.63, 3.8) is 0 Å². The van der Waals surface area contributed by atoms with Crippen molar-refractivity contribution in [2.45, 2.75) is 32.9 Å². The Morgan fingerprint density at radius 1 is 1.15 bits per heavy atom. The van der Waals surface area contributed by atoms with Gasteiger partial charge in [-0.1, -0.05) is 53.6 Å². The first-order valence-electron chi connectivity index (χ1n) is 6.77. The van der Waals surface area contributed by atoms with Crippen molar-refractivity contribution in [1.29, 1.82) is 0 Å². The summed E-state index contributed by atoms with van der Waals surface area (Å²) in [6.07, 6.45) is 0.754. The van der Waals surface area contributed by atoms with E-state index in [4.69, 9.17) is 22.1 Å². The van der Waals surface area contributed by atoms with Crippen LogP contribution in [0.25, 0.3) is 0 Å². The van der Waals surface area contributed by atoms with Crippen molar-refractivity contribution in [3.05, 3.63) is 64.2 Å². The number of hydrogen-bond donors (Lipinski definition) is 1. The molecular formula is C17H20ClNO. The van der Waals surface area contributed by atoms with E-state index >= 15 is 0 Å². The smallest absolute Gasteiger partial charge is 0.141 e. The predicted octanol–water partition coefficient (Wildman–Crippen LogP) is 4.12. The Bertz CT molecular complexity index is 564. The summed E-state index contributed by atoms with van der Waals surface area (Å²) in [7, 11) is 0. The highest BCUT2D eigenvalue weighted by atomic mass is 35.5. The summed E-state index contributed by atoms with van der Waals surface area (Å²) in [5, 5.41) is 0.635. The quantitative estimate of drug-likeness (QED) is 0.899. The van der Waals surface area contributed by atoms with Gasteiger partial charge in [-0.2, -0.15) is 0 Å². The van der Waals surface area contributed by atoms with Gasteiger partial charge in [0.25, 0.3) is 0 Å². The third-order valence-electron chi connectivity index (χ3n) is 3.09. The van der Waals surface area contributed by atoms with E-state index in [1.165, 1.54) is 5.56 Å². The van der Waals surface area contributed by atoms with Crippen LogP contribution in [0.15, 0.2) is 42.5 Å². The molecular weight excluding hydrogens is 270 g/mol. The maximum atomic E-state index is 6.24. The molecule has 0 saturated heterocycles. The second-order valence-electron chi connectivity index (χ2n) is 5.18. The lowest BCUT2D eigenvalue weighted by atomic mass is 10.1. The molecule has 0 amide bonds. The number of nitrogens with two attached hydrogens (primary N) is 1. The Kier molecular flexibility index (Phi) is 5.05. The number of aryl methyl sites for hydroxylation is 1. The van der Waals surface area contributed by atoms with Crippen LogP contribution in [-0.4, -0.2) is 6.04 Å². The molecule has 0 aromatic heterocycles. The predicted molar refractivity (Wildman–Crippen MR) is 84.3 cm³/mol. The summed E-state index contributed by atoms with van der Waals surface area (Å²) in [5.74, 6) is 0.743. The molecule has 2 aromatic rings. The molecule has 2 nitrogen and oxygen atoms in total. The molecule has 0 fully saturated rings. The monoisotopic (exact) mass is 289 g/mol. The zero-order valence-electron chi connectivity index (χ0n) is 11.9. The average molecular weight is 290 g/mol. The van der Waals surface area contributed by atoms with Gasteiger partial charge in [-0.05, 0) is 37.5 Å². The molecule has 20 heavy (non-hydrogen) atoms. The highest BCUT2D eigenvalue weighted by molar-refractivity contribution is 6.32.